The Hall–Kier alpha value is -0.710. The number of nitrogens with zero attached hydrogens (tertiary/aromatic N) is 2. The summed E-state index contributed by atoms with van der Waals surface area (Å²) < 4.78 is 2.46. The molecule has 2 N–H and O–H groups in total. The monoisotopic (exact) mass is 333 g/mol. The van der Waals surface area contributed by atoms with Crippen LogP contribution in [0.4, 0.5) is 5.82 Å². The Morgan fingerprint density at radius 3 is 2.71 bits per heavy atom. The summed E-state index contributed by atoms with van der Waals surface area (Å²) in [5.74, 6) is 0.563. The van der Waals surface area contributed by atoms with Crippen LogP contribution in [-0.2, 0) is 0 Å². The molecule has 1 atom stereocenters. The molecule has 0 aliphatic carbocycles. The highest BCUT2D eigenvalue weighted by atomic mass is 79.9. The van der Waals surface area contributed by atoms with Crippen LogP contribution in [0.3, 0.4) is 0 Å². The summed E-state index contributed by atoms with van der Waals surface area (Å²) in [6.45, 7) is 1.97. The maximum absolute atomic E-state index is 6.15. The Balaban J connectivity index is 2.47. The number of halogens is 3. The van der Waals surface area contributed by atoms with Crippen molar-refractivity contribution in [3.8, 4) is 0 Å². The minimum atomic E-state index is -0.0764. The van der Waals surface area contributed by atoms with E-state index in [9.17, 15) is 0 Å². The molecule has 1 unspecified atom stereocenters. The van der Waals surface area contributed by atoms with E-state index in [1.54, 1.807) is 23.0 Å². The van der Waals surface area contributed by atoms with Crippen molar-refractivity contribution in [1.29, 1.82) is 0 Å². The van der Waals surface area contributed by atoms with E-state index in [0.717, 1.165) is 10.0 Å². The molecule has 0 fully saturated rings. The van der Waals surface area contributed by atoms with Crippen molar-refractivity contribution in [2.24, 2.45) is 0 Å². The lowest BCUT2D eigenvalue weighted by Crippen LogP contribution is -2.12. The minimum Gasteiger partial charge on any atom is -0.383 e. The van der Waals surface area contributed by atoms with Gasteiger partial charge in [-0.05, 0) is 46.6 Å². The van der Waals surface area contributed by atoms with Gasteiger partial charge in [0.25, 0.3) is 0 Å². The van der Waals surface area contributed by atoms with E-state index in [2.05, 4.69) is 21.0 Å². The molecule has 0 spiro atoms. The zero-order valence-electron chi connectivity index (χ0n) is 8.99. The van der Waals surface area contributed by atoms with Gasteiger partial charge in [-0.25, -0.2) is 4.68 Å². The summed E-state index contributed by atoms with van der Waals surface area (Å²) in [7, 11) is 0. The molecule has 17 heavy (non-hydrogen) atoms. The van der Waals surface area contributed by atoms with Gasteiger partial charge >= 0.3 is 0 Å². The third-order valence-corrected chi connectivity index (χ3v) is 3.75. The first-order valence-corrected chi connectivity index (χ1v) is 6.49. The van der Waals surface area contributed by atoms with Gasteiger partial charge in [0.1, 0.15) is 5.82 Å². The number of benzene rings is 1. The molecule has 0 bridgehead atoms. The van der Waals surface area contributed by atoms with Crippen LogP contribution in [0.1, 0.15) is 18.5 Å². The van der Waals surface area contributed by atoms with E-state index in [-0.39, 0.29) is 6.04 Å². The van der Waals surface area contributed by atoms with Crippen molar-refractivity contribution in [3.63, 3.8) is 0 Å². The number of nitrogen functional groups attached to an aromatic ring is 1. The third-order valence-electron chi connectivity index (χ3n) is 2.56. The first-order chi connectivity index (χ1) is 8.00. The summed E-state index contributed by atoms with van der Waals surface area (Å²) in [5.41, 5.74) is 6.80. The van der Waals surface area contributed by atoms with E-state index in [1.165, 1.54) is 0 Å². The van der Waals surface area contributed by atoms with Crippen molar-refractivity contribution < 1.29 is 0 Å². The fourth-order valence-corrected chi connectivity index (χ4v) is 2.36. The molecule has 6 heteroatoms. The van der Waals surface area contributed by atoms with Crippen LogP contribution in [0, 0.1) is 0 Å². The quantitative estimate of drug-likeness (QED) is 0.896. The number of hydrogen-bond acceptors (Lipinski definition) is 2. The van der Waals surface area contributed by atoms with Gasteiger partial charge in [-0.1, -0.05) is 23.2 Å². The van der Waals surface area contributed by atoms with Crippen LogP contribution in [0.2, 0.25) is 10.0 Å². The van der Waals surface area contributed by atoms with Crippen LogP contribution < -0.4 is 5.73 Å². The van der Waals surface area contributed by atoms with Crippen molar-refractivity contribution in [2.45, 2.75) is 13.0 Å². The van der Waals surface area contributed by atoms with Crippen LogP contribution >= 0.6 is 39.1 Å². The van der Waals surface area contributed by atoms with E-state index in [4.69, 9.17) is 28.9 Å². The molecule has 0 amide bonds. The van der Waals surface area contributed by atoms with E-state index < -0.39 is 0 Å². The third kappa shape index (κ3) is 2.44. The molecule has 2 aromatic rings. The van der Waals surface area contributed by atoms with Crippen LogP contribution in [0.15, 0.2) is 28.9 Å². The van der Waals surface area contributed by atoms with Gasteiger partial charge in [0, 0.05) is 10.0 Å². The topological polar surface area (TPSA) is 43.8 Å². The molecule has 0 saturated carbocycles. The van der Waals surface area contributed by atoms with Crippen LogP contribution in [0.5, 0.6) is 0 Å². The SMILES string of the molecule is CC(c1cc(Cl)ccc1Cl)n1ncc(Br)c1N. The lowest BCUT2D eigenvalue weighted by Gasteiger charge is -2.16. The summed E-state index contributed by atoms with van der Waals surface area (Å²) in [4.78, 5) is 0. The van der Waals surface area contributed by atoms with Gasteiger partial charge in [0.2, 0.25) is 0 Å². The molecule has 1 heterocycles. The first-order valence-electron chi connectivity index (χ1n) is 4.94. The highest BCUT2D eigenvalue weighted by Crippen LogP contribution is 2.31. The van der Waals surface area contributed by atoms with Crippen molar-refractivity contribution in [1.82, 2.24) is 9.78 Å². The predicted octanol–water partition coefficient (Wildman–Crippen LogP) is 4.14. The number of anilines is 1. The smallest absolute Gasteiger partial charge is 0.136 e. The first kappa shape index (κ1) is 12.7. The van der Waals surface area contributed by atoms with Gasteiger partial charge in [-0.15, -0.1) is 0 Å². The highest BCUT2D eigenvalue weighted by Gasteiger charge is 2.16. The number of rotatable bonds is 2. The molecule has 90 valence electrons. The molecule has 2 rings (SSSR count). The molecule has 0 aliphatic rings. The summed E-state index contributed by atoms with van der Waals surface area (Å²) in [6.07, 6.45) is 1.66. The Morgan fingerprint density at radius 2 is 2.12 bits per heavy atom. The highest BCUT2D eigenvalue weighted by molar-refractivity contribution is 9.10. The molecule has 0 aliphatic heterocycles. The fraction of sp³-hybridized carbons (Fsp3) is 0.182. The van der Waals surface area contributed by atoms with Gasteiger partial charge in [0.05, 0.1) is 16.7 Å². The van der Waals surface area contributed by atoms with Gasteiger partial charge in [-0.2, -0.15) is 5.10 Å². The summed E-state index contributed by atoms with van der Waals surface area (Å²) in [5, 5.41) is 5.49. The van der Waals surface area contributed by atoms with Crippen LogP contribution in [-0.4, -0.2) is 9.78 Å². The second kappa shape index (κ2) is 4.88. The second-order valence-electron chi connectivity index (χ2n) is 3.66. The zero-order chi connectivity index (χ0) is 12.6. The lowest BCUT2D eigenvalue weighted by molar-refractivity contribution is 0.573. The molecule has 0 saturated heterocycles. The molecule has 1 aromatic carbocycles. The Kier molecular flexibility index (Phi) is 3.66. The fourth-order valence-electron chi connectivity index (χ4n) is 1.63. The normalized spacial score (nSPS) is 12.7. The van der Waals surface area contributed by atoms with Crippen molar-refractivity contribution >= 4 is 44.9 Å². The Labute approximate surface area is 118 Å². The van der Waals surface area contributed by atoms with Gasteiger partial charge in [-0.3, -0.25) is 0 Å². The average molecular weight is 335 g/mol. The Morgan fingerprint density at radius 1 is 1.41 bits per heavy atom. The lowest BCUT2D eigenvalue weighted by atomic mass is 10.1. The standard InChI is InChI=1S/C11H10BrCl2N3/c1-6(17-11(15)9(12)5-16-17)8-4-7(13)2-3-10(8)14/h2-6H,15H2,1H3. The predicted molar refractivity (Wildman–Crippen MR) is 74.6 cm³/mol. The number of aromatic nitrogens is 2. The number of hydrogen-bond donors (Lipinski definition) is 1. The van der Waals surface area contributed by atoms with E-state index in [0.29, 0.717) is 15.9 Å². The molecule has 1 aromatic heterocycles. The van der Waals surface area contributed by atoms with E-state index in [1.807, 2.05) is 13.0 Å². The molecule has 3 nitrogen and oxygen atoms in total. The minimum absolute atomic E-state index is 0.0764. The zero-order valence-corrected chi connectivity index (χ0v) is 12.1. The largest absolute Gasteiger partial charge is 0.383 e. The second-order valence-corrected chi connectivity index (χ2v) is 5.36. The molecular formula is C11H10BrCl2N3. The van der Waals surface area contributed by atoms with Gasteiger partial charge < -0.3 is 5.73 Å². The van der Waals surface area contributed by atoms with Crippen LogP contribution in [0.25, 0.3) is 0 Å². The van der Waals surface area contributed by atoms with Crippen molar-refractivity contribution in [3.05, 3.63) is 44.5 Å². The Bertz CT molecular complexity index is 554. The summed E-state index contributed by atoms with van der Waals surface area (Å²) >= 11 is 15.4. The number of nitrogens with two attached hydrogens (primary N) is 1. The van der Waals surface area contributed by atoms with E-state index >= 15 is 0 Å². The maximum Gasteiger partial charge on any atom is 0.136 e. The average Bonchev–Trinajstić information content (AvgIpc) is 2.62. The van der Waals surface area contributed by atoms with Crippen molar-refractivity contribution in [2.75, 3.05) is 5.73 Å². The van der Waals surface area contributed by atoms with Gasteiger partial charge in [0.15, 0.2) is 0 Å². The molecular weight excluding hydrogens is 325 g/mol. The summed E-state index contributed by atoms with van der Waals surface area (Å²) in [6, 6.07) is 5.27. The molecule has 0 radical (unpaired) electrons. The maximum atomic E-state index is 6.15.